The van der Waals surface area contributed by atoms with Crippen molar-refractivity contribution >= 4 is 17.3 Å². The topological polar surface area (TPSA) is 49.8 Å². The molecule has 0 saturated heterocycles. The second-order valence-electron chi connectivity index (χ2n) is 7.50. The SMILES string of the molecule is CN(c1cc(C2CC2)cc(C2CC2)c1)c1ccc(C(=O)O)cc1OC(F)(F)F. The molecule has 0 unspecified atom stereocenters. The normalized spacial score (nSPS) is 16.7. The van der Waals surface area contributed by atoms with Crippen LogP contribution in [-0.4, -0.2) is 24.5 Å². The van der Waals surface area contributed by atoms with Gasteiger partial charge >= 0.3 is 12.3 Å². The molecule has 148 valence electrons. The third-order valence-corrected chi connectivity index (χ3v) is 5.24. The second kappa shape index (κ2) is 6.72. The summed E-state index contributed by atoms with van der Waals surface area (Å²) in [7, 11) is 1.67. The van der Waals surface area contributed by atoms with Gasteiger partial charge in [-0.1, -0.05) is 6.07 Å². The highest BCUT2D eigenvalue weighted by Crippen LogP contribution is 2.47. The molecule has 0 bridgehead atoms. The summed E-state index contributed by atoms with van der Waals surface area (Å²) in [6.07, 6.45) is -0.387. The number of carbonyl (C=O) groups is 1. The van der Waals surface area contributed by atoms with Crippen molar-refractivity contribution in [2.24, 2.45) is 0 Å². The molecule has 0 spiro atoms. The van der Waals surface area contributed by atoms with Gasteiger partial charge in [-0.15, -0.1) is 13.2 Å². The number of rotatable bonds is 6. The lowest BCUT2D eigenvalue weighted by Gasteiger charge is -2.24. The van der Waals surface area contributed by atoms with Gasteiger partial charge in [-0.25, -0.2) is 4.79 Å². The van der Waals surface area contributed by atoms with Gasteiger partial charge < -0.3 is 14.7 Å². The van der Waals surface area contributed by atoms with Gasteiger partial charge in [0.25, 0.3) is 0 Å². The van der Waals surface area contributed by atoms with Crippen LogP contribution in [0.3, 0.4) is 0 Å². The highest BCUT2D eigenvalue weighted by molar-refractivity contribution is 5.89. The molecule has 2 aliphatic carbocycles. The summed E-state index contributed by atoms with van der Waals surface area (Å²) in [4.78, 5) is 12.8. The molecule has 7 heteroatoms. The maximum Gasteiger partial charge on any atom is 0.573 e. The molecule has 2 fully saturated rings. The Morgan fingerprint density at radius 2 is 1.61 bits per heavy atom. The van der Waals surface area contributed by atoms with Crippen LogP contribution in [0.25, 0.3) is 0 Å². The second-order valence-corrected chi connectivity index (χ2v) is 7.50. The maximum absolute atomic E-state index is 12.9. The van der Waals surface area contributed by atoms with Crippen LogP contribution in [0, 0.1) is 0 Å². The van der Waals surface area contributed by atoms with Gasteiger partial charge in [0.05, 0.1) is 11.3 Å². The van der Waals surface area contributed by atoms with E-state index in [0.717, 1.165) is 37.4 Å². The minimum absolute atomic E-state index is 0.164. The number of benzene rings is 2. The molecular weight excluding hydrogens is 371 g/mol. The molecule has 0 heterocycles. The van der Waals surface area contributed by atoms with Crippen LogP contribution in [-0.2, 0) is 0 Å². The zero-order valence-corrected chi connectivity index (χ0v) is 15.3. The summed E-state index contributed by atoms with van der Waals surface area (Å²) in [5.74, 6) is -0.801. The minimum Gasteiger partial charge on any atom is -0.478 e. The number of ether oxygens (including phenoxy) is 1. The molecule has 4 nitrogen and oxygen atoms in total. The predicted molar refractivity (Wildman–Crippen MR) is 98.5 cm³/mol. The number of anilines is 2. The fourth-order valence-corrected chi connectivity index (χ4v) is 3.43. The average Bonchev–Trinajstić information content (AvgIpc) is 3.52. The first-order valence-electron chi connectivity index (χ1n) is 9.23. The predicted octanol–water partition coefficient (Wildman–Crippen LogP) is 5.81. The van der Waals surface area contributed by atoms with Gasteiger partial charge in [0.15, 0.2) is 5.75 Å². The third kappa shape index (κ3) is 4.08. The Bertz CT molecular complexity index is 887. The quantitative estimate of drug-likeness (QED) is 0.676. The van der Waals surface area contributed by atoms with E-state index in [-0.39, 0.29) is 11.3 Å². The van der Waals surface area contributed by atoms with Crippen molar-refractivity contribution in [2.75, 3.05) is 11.9 Å². The molecule has 2 aromatic carbocycles. The Morgan fingerprint density at radius 1 is 1.04 bits per heavy atom. The first-order chi connectivity index (χ1) is 13.2. The van der Waals surface area contributed by atoms with Crippen molar-refractivity contribution < 1.29 is 27.8 Å². The summed E-state index contributed by atoms with van der Waals surface area (Å²) >= 11 is 0. The summed E-state index contributed by atoms with van der Waals surface area (Å²) in [5, 5.41) is 9.11. The number of carboxylic acid groups (broad SMARTS) is 1. The molecule has 1 N–H and O–H groups in total. The molecule has 0 aliphatic heterocycles. The lowest BCUT2D eigenvalue weighted by molar-refractivity contribution is -0.274. The van der Waals surface area contributed by atoms with E-state index in [9.17, 15) is 18.0 Å². The Morgan fingerprint density at radius 3 is 2.07 bits per heavy atom. The van der Waals surface area contributed by atoms with Crippen molar-refractivity contribution in [3.8, 4) is 5.75 Å². The molecular formula is C21H20F3NO3. The van der Waals surface area contributed by atoms with E-state index in [1.165, 1.54) is 23.3 Å². The standard InChI is InChI=1S/C21H20F3NO3/c1-25(17-9-15(12-2-3-12)8-16(10-17)13-4-5-13)18-7-6-14(20(26)27)11-19(18)28-21(22,23)24/h6-13H,2-5H2,1H3,(H,26,27). The van der Waals surface area contributed by atoms with E-state index in [2.05, 4.69) is 10.8 Å². The van der Waals surface area contributed by atoms with Gasteiger partial charge in [0, 0.05) is 12.7 Å². The first-order valence-corrected chi connectivity index (χ1v) is 9.23. The molecule has 0 amide bonds. The summed E-state index contributed by atoms with van der Waals surface area (Å²) in [6, 6.07) is 9.77. The number of hydrogen-bond donors (Lipinski definition) is 1. The Labute approximate surface area is 160 Å². The van der Waals surface area contributed by atoms with Crippen LogP contribution < -0.4 is 9.64 Å². The Hall–Kier alpha value is -2.70. The van der Waals surface area contributed by atoms with E-state index in [0.29, 0.717) is 11.8 Å². The smallest absolute Gasteiger partial charge is 0.478 e. The van der Waals surface area contributed by atoms with Gasteiger partial charge in [0.2, 0.25) is 0 Å². The lowest BCUT2D eigenvalue weighted by atomic mass is 10.0. The van der Waals surface area contributed by atoms with Crippen molar-refractivity contribution in [2.45, 2.75) is 43.9 Å². The Kier molecular flexibility index (Phi) is 4.48. The van der Waals surface area contributed by atoms with Crippen LogP contribution in [0.1, 0.15) is 59.0 Å². The monoisotopic (exact) mass is 391 g/mol. The van der Waals surface area contributed by atoms with Crippen LogP contribution in [0.15, 0.2) is 36.4 Å². The van der Waals surface area contributed by atoms with Gasteiger partial charge in [-0.05, 0) is 79.0 Å². The fourth-order valence-electron chi connectivity index (χ4n) is 3.43. The lowest BCUT2D eigenvalue weighted by Crippen LogP contribution is -2.20. The van der Waals surface area contributed by atoms with E-state index < -0.39 is 18.1 Å². The zero-order chi connectivity index (χ0) is 20.1. The molecule has 4 rings (SSSR count). The van der Waals surface area contributed by atoms with Crippen molar-refractivity contribution in [1.29, 1.82) is 0 Å². The highest BCUT2D eigenvalue weighted by atomic mass is 19.4. The minimum atomic E-state index is -4.91. The summed E-state index contributed by atoms with van der Waals surface area (Å²) < 4.78 is 42.8. The highest BCUT2D eigenvalue weighted by Gasteiger charge is 2.34. The van der Waals surface area contributed by atoms with Crippen molar-refractivity contribution in [1.82, 2.24) is 0 Å². The number of halogens is 3. The fraction of sp³-hybridized carbons (Fsp3) is 0.381. The van der Waals surface area contributed by atoms with E-state index in [1.54, 1.807) is 11.9 Å². The molecule has 2 aromatic rings. The average molecular weight is 391 g/mol. The molecule has 0 atom stereocenters. The third-order valence-electron chi connectivity index (χ3n) is 5.24. The van der Waals surface area contributed by atoms with Crippen molar-refractivity contribution in [3.63, 3.8) is 0 Å². The Balaban J connectivity index is 1.74. The van der Waals surface area contributed by atoms with Gasteiger partial charge in [-0.2, -0.15) is 0 Å². The molecule has 0 aromatic heterocycles. The van der Waals surface area contributed by atoms with Crippen LogP contribution in [0.4, 0.5) is 24.5 Å². The maximum atomic E-state index is 12.9. The zero-order valence-electron chi connectivity index (χ0n) is 15.3. The van der Waals surface area contributed by atoms with Crippen molar-refractivity contribution in [3.05, 3.63) is 53.1 Å². The first kappa shape index (κ1) is 18.7. The van der Waals surface area contributed by atoms with E-state index in [4.69, 9.17) is 5.11 Å². The number of alkyl halides is 3. The van der Waals surface area contributed by atoms with E-state index >= 15 is 0 Å². The van der Waals surface area contributed by atoms with Crippen LogP contribution in [0.2, 0.25) is 0 Å². The van der Waals surface area contributed by atoms with Gasteiger partial charge in [0.1, 0.15) is 0 Å². The number of aromatic carboxylic acids is 1. The van der Waals surface area contributed by atoms with E-state index in [1.807, 2.05) is 12.1 Å². The number of nitrogens with zero attached hydrogens (tertiary/aromatic N) is 1. The molecule has 2 aliphatic rings. The number of hydrogen-bond acceptors (Lipinski definition) is 3. The van der Waals surface area contributed by atoms with Crippen LogP contribution in [0.5, 0.6) is 5.75 Å². The molecule has 2 saturated carbocycles. The molecule has 0 radical (unpaired) electrons. The molecule has 28 heavy (non-hydrogen) atoms. The summed E-state index contributed by atoms with van der Waals surface area (Å²) in [5.41, 5.74) is 3.11. The number of carboxylic acids is 1. The summed E-state index contributed by atoms with van der Waals surface area (Å²) in [6.45, 7) is 0. The van der Waals surface area contributed by atoms with Gasteiger partial charge in [-0.3, -0.25) is 0 Å². The largest absolute Gasteiger partial charge is 0.573 e. The van der Waals surface area contributed by atoms with Crippen LogP contribution >= 0.6 is 0 Å².